The van der Waals surface area contributed by atoms with Crippen molar-refractivity contribution < 1.29 is 19.4 Å². The summed E-state index contributed by atoms with van der Waals surface area (Å²) in [4.78, 5) is 24.2. The van der Waals surface area contributed by atoms with Gasteiger partial charge in [-0.25, -0.2) is 0 Å². The second kappa shape index (κ2) is 6.43. The highest BCUT2D eigenvalue weighted by atomic mass is 16.5. The molecule has 2 rings (SSSR count). The first kappa shape index (κ1) is 15.1. The normalized spacial score (nSPS) is 13.8. The number of benzene rings is 1. The van der Waals surface area contributed by atoms with Crippen molar-refractivity contribution in [2.24, 2.45) is 0 Å². The summed E-state index contributed by atoms with van der Waals surface area (Å²) >= 11 is 0. The van der Waals surface area contributed by atoms with E-state index in [4.69, 9.17) is 9.84 Å². The molecule has 1 heterocycles. The van der Waals surface area contributed by atoms with E-state index < -0.39 is 5.97 Å². The van der Waals surface area contributed by atoms with Crippen molar-refractivity contribution in [3.05, 3.63) is 35.9 Å². The van der Waals surface area contributed by atoms with Gasteiger partial charge < -0.3 is 14.7 Å². The number of amides is 1. The SMILES string of the molecule is C=C(C)CN1C(=O)CCc2cc(OCCC(=O)O)ccc21. The zero-order chi connectivity index (χ0) is 15.4. The summed E-state index contributed by atoms with van der Waals surface area (Å²) in [5.41, 5.74) is 2.86. The van der Waals surface area contributed by atoms with E-state index in [1.807, 2.05) is 19.1 Å². The molecule has 0 fully saturated rings. The highest BCUT2D eigenvalue weighted by Gasteiger charge is 2.24. The minimum absolute atomic E-state index is 0.0304. The molecule has 0 bridgehead atoms. The lowest BCUT2D eigenvalue weighted by molar-refractivity contribution is -0.137. The summed E-state index contributed by atoms with van der Waals surface area (Å²) < 4.78 is 5.42. The first-order valence-electron chi connectivity index (χ1n) is 6.89. The van der Waals surface area contributed by atoms with Crippen LogP contribution in [-0.2, 0) is 16.0 Å². The van der Waals surface area contributed by atoms with E-state index in [0.717, 1.165) is 16.8 Å². The zero-order valence-corrected chi connectivity index (χ0v) is 12.1. The standard InChI is InChI=1S/C16H19NO4/c1-11(2)10-17-14-5-4-13(21-8-7-16(19)20)9-12(14)3-6-15(17)18/h4-5,9H,1,3,6-8,10H2,2H3,(H,19,20). The number of aliphatic carboxylic acids is 1. The molecule has 0 unspecified atom stereocenters. The number of aryl methyl sites for hydroxylation is 1. The Hall–Kier alpha value is -2.30. The van der Waals surface area contributed by atoms with Gasteiger partial charge in [0.05, 0.1) is 13.0 Å². The van der Waals surface area contributed by atoms with Gasteiger partial charge in [0.2, 0.25) is 5.91 Å². The van der Waals surface area contributed by atoms with E-state index in [2.05, 4.69) is 6.58 Å². The fourth-order valence-electron chi connectivity index (χ4n) is 2.33. The van der Waals surface area contributed by atoms with Crippen molar-refractivity contribution >= 4 is 17.6 Å². The summed E-state index contributed by atoms with van der Waals surface area (Å²) in [7, 11) is 0. The van der Waals surface area contributed by atoms with E-state index in [9.17, 15) is 9.59 Å². The number of carbonyl (C=O) groups is 2. The average molecular weight is 289 g/mol. The van der Waals surface area contributed by atoms with Crippen LogP contribution in [0.5, 0.6) is 5.75 Å². The lowest BCUT2D eigenvalue weighted by atomic mass is 10.0. The smallest absolute Gasteiger partial charge is 0.306 e. The van der Waals surface area contributed by atoms with Crippen LogP contribution >= 0.6 is 0 Å². The van der Waals surface area contributed by atoms with Crippen molar-refractivity contribution in [1.82, 2.24) is 0 Å². The number of anilines is 1. The molecule has 0 saturated heterocycles. The van der Waals surface area contributed by atoms with Gasteiger partial charge in [0.25, 0.3) is 0 Å². The zero-order valence-electron chi connectivity index (χ0n) is 12.1. The van der Waals surface area contributed by atoms with Crippen molar-refractivity contribution in [1.29, 1.82) is 0 Å². The molecule has 0 radical (unpaired) electrons. The molecule has 1 aliphatic heterocycles. The van der Waals surface area contributed by atoms with Crippen molar-refractivity contribution in [3.63, 3.8) is 0 Å². The number of rotatable bonds is 6. The predicted octanol–water partition coefficient (Wildman–Crippen LogP) is 2.40. The Balaban J connectivity index is 2.14. The minimum Gasteiger partial charge on any atom is -0.493 e. The number of carbonyl (C=O) groups excluding carboxylic acids is 1. The summed E-state index contributed by atoms with van der Waals surface area (Å²) in [6.07, 6.45) is 1.12. The molecule has 0 aromatic heterocycles. The quantitative estimate of drug-likeness (QED) is 0.817. The van der Waals surface area contributed by atoms with Crippen LogP contribution in [0.15, 0.2) is 30.4 Å². The van der Waals surface area contributed by atoms with Crippen LogP contribution in [0.3, 0.4) is 0 Å². The van der Waals surface area contributed by atoms with Crippen LogP contribution in [0.1, 0.15) is 25.3 Å². The highest BCUT2D eigenvalue weighted by molar-refractivity contribution is 5.96. The second-order valence-electron chi connectivity index (χ2n) is 5.22. The lowest BCUT2D eigenvalue weighted by Gasteiger charge is -2.30. The number of ether oxygens (including phenoxy) is 1. The van der Waals surface area contributed by atoms with Gasteiger partial charge in [0.1, 0.15) is 5.75 Å². The first-order valence-corrected chi connectivity index (χ1v) is 6.89. The van der Waals surface area contributed by atoms with Gasteiger partial charge >= 0.3 is 5.97 Å². The van der Waals surface area contributed by atoms with Gasteiger partial charge in [-0.15, -0.1) is 0 Å². The molecular weight excluding hydrogens is 270 g/mol. The van der Waals surface area contributed by atoms with Gasteiger partial charge in [-0.3, -0.25) is 9.59 Å². The van der Waals surface area contributed by atoms with Gasteiger partial charge in [0.15, 0.2) is 0 Å². The Bertz CT molecular complexity index is 580. The molecule has 1 aromatic rings. The Morgan fingerprint density at radius 3 is 2.86 bits per heavy atom. The molecule has 1 aliphatic rings. The fraction of sp³-hybridized carbons (Fsp3) is 0.375. The van der Waals surface area contributed by atoms with Crippen LogP contribution in [-0.4, -0.2) is 30.1 Å². The van der Waals surface area contributed by atoms with E-state index in [1.165, 1.54) is 0 Å². The van der Waals surface area contributed by atoms with Crippen molar-refractivity contribution in [2.45, 2.75) is 26.2 Å². The number of hydrogen-bond acceptors (Lipinski definition) is 3. The molecule has 112 valence electrons. The monoisotopic (exact) mass is 289 g/mol. The summed E-state index contributed by atoms with van der Waals surface area (Å²) in [6, 6.07) is 5.51. The van der Waals surface area contributed by atoms with E-state index in [1.54, 1.807) is 11.0 Å². The van der Waals surface area contributed by atoms with E-state index in [0.29, 0.717) is 25.1 Å². The maximum absolute atomic E-state index is 12.0. The number of hydrogen-bond donors (Lipinski definition) is 1. The third-order valence-electron chi connectivity index (χ3n) is 3.26. The van der Waals surface area contributed by atoms with Crippen LogP contribution in [0, 0.1) is 0 Å². The molecule has 0 aliphatic carbocycles. The van der Waals surface area contributed by atoms with Crippen LogP contribution in [0.25, 0.3) is 0 Å². The van der Waals surface area contributed by atoms with Gasteiger partial charge in [-0.2, -0.15) is 0 Å². The maximum atomic E-state index is 12.0. The van der Waals surface area contributed by atoms with E-state index in [-0.39, 0.29) is 18.9 Å². The summed E-state index contributed by atoms with van der Waals surface area (Å²) in [6.45, 7) is 6.41. The predicted molar refractivity (Wildman–Crippen MR) is 79.7 cm³/mol. The Kier molecular flexibility index (Phi) is 4.62. The van der Waals surface area contributed by atoms with Crippen LogP contribution in [0.4, 0.5) is 5.69 Å². The van der Waals surface area contributed by atoms with Crippen LogP contribution < -0.4 is 9.64 Å². The number of fused-ring (bicyclic) bond motifs is 1. The molecule has 21 heavy (non-hydrogen) atoms. The third kappa shape index (κ3) is 3.84. The minimum atomic E-state index is -0.883. The second-order valence-corrected chi connectivity index (χ2v) is 5.22. The molecule has 5 heteroatoms. The molecule has 1 aromatic carbocycles. The first-order chi connectivity index (χ1) is 9.97. The Morgan fingerprint density at radius 2 is 2.19 bits per heavy atom. The Morgan fingerprint density at radius 1 is 1.43 bits per heavy atom. The maximum Gasteiger partial charge on any atom is 0.306 e. The molecule has 0 spiro atoms. The molecule has 1 amide bonds. The van der Waals surface area contributed by atoms with Crippen molar-refractivity contribution in [3.8, 4) is 5.75 Å². The van der Waals surface area contributed by atoms with Crippen molar-refractivity contribution in [2.75, 3.05) is 18.1 Å². The topological polar surface area (TPSA) is 66.8 Å². The Labute approximate surface area is 123 Å². The molecule has 0 atom stereocenters. The average Bonchev–Trinajstić information content (AvgIpc) is 2.41. The molecule has 0 saturated carbocycles. The molecule has 1 N–H and O–H groups in total. The van der Waals surface area contributed by atoms with Gasteiger partial charge in [0, 0.05) is 18.7 Å². The molecule has 5 nitrogen and oxygen atoms in total. The van der Waals surface area contributed by atoms with E-state index >= 15 is 0 Å². The summed E-state index contributed by atoms with van der Waals surface area (Å²) in [5.74, 6) is -0.143. The van der Waals surface area contributed by atoms with Gasteiger partial charge in [-0.1, -0.05) is 12.2 Å². The fourth-order valence-corrected chi connectivity index (χ4v) is 2.33. The summed E-state index contributed by atoms with van der Waals surface area (Å²) in [5, 5.41) is 8.60. The number of carboxylic acids is 1. The van der Waals surface area contributed by atoms with Gasteiger partial charge in [-0.05, 0) is 37.1 Å². The van der Waals surface area contributed by atoms with Crippen LogP contribution in [0.2, 0.25) is 0 Å². The number of nitrogens with zero attached hydrogens (tertiary/aromatic N) is 1. The largest absolute Gasteiger partial charge is 0.493 e. The third-order valence-corrected chi connectivity index (χ3v) is 3.26. The molecular formula is C16H19NO4. The lowest BCUT2D eigenvalue weighted by Crippen LogP contribution is -2.36. The highest BCUT2D eigenvalue weighted by Crippen LogP contribution is 2.31. The number of carboxylic acid groups (broad SMARTS) is 1.